The number of nitrogens with zero attached hydrogens (tertiary/aromatic N) is 1. The van der Waals surface area contributed by atoms with E-state index in [1.165, 1.54) is 0 Å². The van der Waals surface area contributed by atoms with E-state index >= 15 is 0 Å². The van der Waals surface area contributed by atoms with Crippen LogP contribution in [0.2, 0.25) is 5.02 Å². The largest absolute Gasteiger partial charge is 0.508 e. The standard InChI is InChI=1S/C24H19ClN2O/c25-20-11-9-18-10-13-21(27-23(18)15-20)12-8-17-4-3-6-22(14-17)26-16-19-5-1-2-7-24(19)28/h1-15,26,28H,16H2. The average molecular weight is 387 g/mol. The molecule has 0 bridgehead atoms. The van der Waals surface area contributed by atoms with Crippen LogP contribution in [0.1, 0.15) is 16.8 Å². The van der Waals surface area contributed by atoms with Crippen LogP contribution in [0.15, 0.2) is 78.9 Å². The number of aromatic nitrogens is 1. The molecule has 3 aromatic carbocycles. The van der Waals surface area contributed by atoms with E-state index in [-0.39, 0.29) is 0 Å². The van der Waals surface area contributed by atoms with Gasteiger partial charge in [0.25, 0.3) is 0 Å². The quantitative estimate of drug-likeness (QED) is 0.418. The molecule has 0 saturated heterocycles. The molecule has 0 aliphatic heterocycles. The molecule has 4 heteroatoms. The zero-order valence-electron chi connectivity index (χ0n) is 15.1. The number of anilines is 1. The third-order valence-corrected chi connectivity index (χ3v) is 4.72. The Kier molecular flexibility index (Phi) is 5.27. The number of benzene rings is 3. The maximum Gasteiger partial charge on any atom is 0.120 e. The molecule has 3 nitrogen and oxygen atoms in total. The Morgan fingerprint density at radius 3 is 2.64 bits per heavy atom. The molecule has 0 amide bonds. The lowest BCUT2D eigenvalue weighted by Gasteiger charge is -2.08. The Morgan fingerprint density at radius 2 is 1.75 bits per heavy atom. The highest BCUT2D eigenvalue weighted by Gasteiger charge is 2.00. The first-order valence-electron chi connectivity index (χ1n) is 9.03. The monoisotopic (exact) mass is 386 g/mol. The molecule has 28 heavy (non-hydrogen) atoms. The summed E-state index contributed by atoms with van der Waals surface area (Å²) in [6, 6.07) is 25.2. The second kappa shape index (κ2) is 8.15. The molecule has 4 aromatic rings. The van der Waals surface area contributed by atoms with Crippen LogP contribution in [0.4, 0.5) is 5.69 Å². The predicted octanol–water partition coefficient (Wildman–Crippen LogP) is 6.38. The minimum Gasteiger partial charge on any atom is -0.508 e. The molecule has 0 fully saturated rings. The van der Waals surface area contributed by atoms with Crippen LogP contribution in [0.5, 0.6) is 5.75 Å². The number of nitrogens with one attached hydrogen (secondary N) is 1. The summed E-state index contributed by atoms with van der Waals surface area (Å²) in [7, 11) is 0. The Morgan fingerprint density at radius 1 is 0.893 bits per heavy atom. The van der Waals surface area contributed by atoms with E-state index in [1.54, 1.807) is 6.07 Å². The van der Waals surface area contributed by atoms with Gasteiger partial charge < -0.3 is 10.4 Å². The molecule has 4 rings (SSSR count). The van der Waals surface area contributed by atoms with Gasteiger partial charge in [-0.15, -0.1) is 0 Å². The normalized spacial score (nSPS) is 11.2. The average Bonchev–Trinajstić information content (AvgIpc) is 2.71. The van der Waals surface area contributed by atoms with Crippen molar-refractivity contribution in [2.45, 2.75) is 6.54 Å². The van der Waals surface area contributed by atoms with E-state index in [0.717, 1.165) is 33.4 Å². The number of pyridine rings is 1. The Labute approximate surface area is 168 Å². The molecule has 2 N–H and O–H groups in total. The third-order valence-electron chi connectivity index (χ3n) is 4.48. The summed E-state index contributed by atoms with van der Waals surface area (Å²) in [5, 5.41) is 15.0. The van der Waals surface area contributed by atoms with Crippen molar-refractivity contribution in [1.29, 1.82) is 0 Å². The fourth-order valence-corrected chi connectivity index (χ4v) is 3.16. The van der Waals surface area contributed by atoms with Gasteiger partial charge in [-0.3, -0.25) is 0 Å². The molecular formula is C24H19ClN2O. The van der Waals surface area contributed by atoms with Crippen molar-refractivity contribution in [2.24, 2.45) is 0 Å². The number of hydrogen-bond acceptors (Lipinski definition) is 3. The van der Waals surface area contributed by atoms with Crippen LogP contribution < -0.4 is 5.32 Å². The first-order chi connectivity index (χ1) is 13.7. The Hall–Kier alpha value is -3.30. The van der Waals surface area contributed by atoms with Gasteiger partial charge in [-0.25, -0.2) is 4.98 Å². The van der Waals surface area contributed by atoms with E-state index < -0.39 is 0 Å². The number of fused-ring (bicyclic) bond motifs is 1. The van der Waals surface area contributed by atoms with Gasteiger partial charge in [0.15, 0.2) is 0 Å². The molecule has 1 heterocycles. The molecular weight excluding hydrogens is 368 g/mol. The highest BCUT2D eigenvalue weighted by molar-refractivity contribution is 6.31. The smallest absolute Gasteiger partial charge is 0.120 e. The van der Waals surface area contributed by atoms with Gasteiger partial charge in [0.1, 0.15) is 5.75 Å². The highest BCUT2D eigenvalue weighted by Crippen LogP contribution is 2.21. The van der Waals surface area contributed by atoms with Crippen molar-refractivity contribution < 1.29 is 5.11 Å². The number of phenols is 1. The number of aromatic hydroxyl groups is 1. The highest BCUT2D eigenvalue weighted by atomic mass is 35.5. The van der Waals surface area contributed by atoms with Crippen LogP contribution in [-0.4, -0.2) is 10.1 Å². The summed E-state index contributed by atoms with van der Waals surface area (Å²) in [5.74, 6) is 0.300. The molecule has 0 unspecified atom stereocenters. The summed E-state index contributed by atoms with van der Waals surface area (Å²) < 4.78 is 0. The summed E-state index contributed by atoms with van der Waals surface area (Å²) >= 11 is 6.06. The van der Waals surface area contributed by atoms with Crippen LogP contribution >= 0.6 is 11.6 Å². The first-order valence-corrected chi connectivity index (χ1v) is 9.40. The number of para-hydroxylation sites is 1. The summed E-state index contributed by atoms with van der Waals surface area (Å²) in [5.41, 5.74) is 4.68. The molecule has 0 aliphatic carbocycles. The molecule has 138 valence electrons. The third kappa shape index (κ3) is 4.33. The van der Waals surface area contributed by atoms with Crippen molar-refractivity contribution in [3.8, 4) is 5.75 Å². The van der Waals surface area contributed by atoms with Gasteiger partial charge in [-0.1, -0.05) is 60.1 Å². The first kappa shape index (κ1) is 18.1. The van der Waals surface area contributed by atoms with E-state index in [2.05, 4.69) is 16.4 Å². The van der Waals surface area contributed by atoms with Crippen molar-refractivity contribution in [3.05, 3.63) is 101 Å². The van der Waals surface area contributed by atoms with Gasteiger partial charge >= 0.3 is 0 Å². The molecule has 0 spiro atoms. The van der Waals surface area contributed by atoms with Crippen molar-refractivity contribution >= 4 is 40.3 Å². The van der Waals surface area contributed by atoms with E-state index in [0.29, 0.717) is 17.3 Å². The van der Waals surface area contributed by atoms with Gasteiger partial charge in [-0.05, 0) is 48.0 Å². The van der Waals surface area contributed by atoms with E-state index in [1.807, 2.05) is 78.9 Å². The van der Waals surface area contributed by atoms with Crippen molar-refractivity contribution in [1.82, 2.24) is 4.98 Å². The van der Waals surface area contributed by atoms with Crippen LogP contribution in [0.3, 0.4) is 0 Å². The maximum atomic E-state index is 9.88. The summed E-state index contributed by atoms with van der Waals surface area (Å²) in [6.07, 6.45) is 4.02. The van der Waals surface area contributed by atoms with Crippen LogP contribution in [-0.2, 0) is 6.54 Å². The van der Waals surface area contributed by atoms with Gasteiger partial charge in [0.2, 0.25) is 0 Å². The fourth-order valence-electron chi connectivity index (χ4n) is 2.99. The Balaban J connectivity index is 1.49. The van der Waals surface area contributed by atoms with Crippen LogP contribution in [0.25, 0.3) is 23.1 Å². The number of phenolic OH excluding ortho intramolecular Hbond substituents is 1. The zero-order valence-corrected chi connectivity index (χ0v) is 15.9. The van der Waals surface area contributed by atoms with Gasteiger partial charge in [0, 0.05) is 28.2 Å². The second-order valence-corrected chi connectivity index (χ2v) is 6.95. The molecule has 0 saturated carbocycles. The van der Waals surface area contributed by atoms with Gasteiger partial charge in [-0.2, -0.15) is 0 Å². The van der Waals surface area contributed by atoms with E-state index in [4.69, 9.17) is 11.6 Å². The Bertz CT molecular complexity index is 1150. The summed E-state index contributed by atoms with van der Waals surface area (Å²) in [4.78, 5) is 4.64. The SMILES string of the molecule is Oc1ccccc1CNc1cccc(C=Cc2ccc3ccc(Cl)cc3n2)c1. The fraction of sp³-hybridized carbons (Fsp3) is 0.0417. The number of rotatable bonds is 5. The summed E-state index contributed by atoms with van der Waals surface area (Å²) in [6.45, 7) is 0.562. The molecule has 0 atom stereocenters. The minimum atomic E-state index is 0.300. The molecule has 1 aromatic heterocycles. The predicted molar refractivity (Wildman–Crippen MR) is 118 cm³/mol. The topological polar surface area (TPSA) is 45.1 Å². The lowest BCUT2D eigenvalue weighted by molar-refractivity contribution is 0.469. The number of halogens is 1. The second-order valence-electron chi connectivity index (χ2n) is 6.51. The van der Waals surface area contributed by atoms with Crippen molar-refractivity contribution in [2.75, 3.05) is 5.32 Å². The lowest BCUT2D eigenvalue weighted by atomic mass is 10.1. The molecule has 0 aliphatic rings. The molecule has 0 radical (unpaired) electrons. The minimum absolute atomic E-state index is 0.300. The number of hydrogen-bond donors (Lipinski definition) is 2. The van der Waals surface area contributed by atoms with Gasteiger partial charge in [0.05, 0.1) is 11.2 Å². The van der Waals surface area contributed by atoms with Crippen LogP contribution in [0, 0.1) is 0 Å². The van der Waals surface area contributed by atoms with Crippen molar-refractivity contribution in [3.63, 3.8) is 0 Å². The van der Waals surface area contributed by atoms with E-state index in [9.17, 15) is 5.11 Å². The zero-order chi connectivity index (χ0) is 19.3. The lowest BCUT2D eigenvalue weighted by Crippen LogP contribution is -1.99. The maximum absolute atomic E-state index is 9.88.